The van der Waals surface area contributed by atoms with Crippen LogP contribution in [0, 0.1) is 0 Å². The largest absolute Gasteiger partial charge is 0.497 e. The Morgan fingerprint density at radius 1 is 1.18 bits per heavy atom. The number of nitrogens with zero attached hydrogens (tertiary/aromatic N) is 1. The van der Waals surface area contributed by atoms with Crippen molar-refractivity contribution >= 4 is 0 Å². The van der Waals surface area contributed by atoms with Crippen molar-refractivity contribution in [3.63, 3.8) is 0 Å². The fourth-order valence-electron chi connectivity index (χ4n) is 1.56. The maximum absolute atomic E-state index is 11.7. The Labute approximate surface area is 98.0 Å². The highest BCUT2D eigenvalue weighted by molar-refractivity contribution is 5.70. The van der Waals surface area contributed by atoms with Crippen LogP contribution in [0.5, 0.6) is 11.5 Å². The number of ether oxygens (including phenoxy) is 2. The quantitative estimate of drug-likeness (QED) is 0.870. The van der Waals surface area contributed by atoms with Crippen molar-refractivity contribution in [3.05, 3.63) is 41.1 Å². The number of rotatable bonds is 3. The van der Waals surface area contributed by atoms with Crippen molar-refractivity contribution in [2.24, 2.45) is 0 Å². The normalized spacial score (nSPS) is 10.0. The molecule has 1 N–H and O–H groups in total. The minimum atomic E-state index is -0.216. The van der Waals surface area contributed by atoms with Gasteiger partial charge < -0.3 is 14.5 Å². The lowest BCUT2D eigenvalue weighted by molar-refractivity contribution is 0.404. The van der Waals surface area contributed by atoms with Crippen LogP contribution in [0.2, 0.25) is 0 Å². The van der Waals surface area contributed by atoms with Gasteiger partial charge in [0.2, 0.25) is 0 Å². The molecule has 0 atom stereocenters. The molecule has 0 radical (unpaired) electrons. The summed E-state index contributed by atoms with van der Waals surface area (Å²) in [5.74, 6) is 1.26. The summed E-state index contributed by atoms with van der Waals surface area (Å²) in [6, 6.07) is 5.26. The van der Waals surface area contributed by atoms with Gasteiger partial charge in [-0.2, -0.15) is 0 Å². The molecular weight excluding hydrogens is 220 g/mol. The molecule has 5 nitrogen and oxygen atoms in total. The average Bonchev–Trinajstić information content (AvgIpc) is 2.38. The molecule has 0 aliphatic heterocycles. The molecule has 5 heteroatoms. The number of methoxy groups -OCH3 is 2. The van der Waals surface area contributed by atoms with E-state index in [2.05, 4.69) is 9.97 Å². The summed E-state index contributed by atoms with van der Waals surface area (Å²) in [5, 5.41) is 0. The molecule has 0 spiro atoms. The maximum Gasteiger partial charge on any atom is 0.258 e. The van der Waals surface area contributed by atoms with Gasteiger partial charge in [-0.3, -0.25) is 4.79 Å². The van der Waals surface area contributed by atoms with Gasteiger partial charge in [0.25, 0.3) is 5.56 Å². The van der Waals surface area contributed by atoms with Crippen molar-refractivity contribution in [3.8, 4) is 22.6 Å². The third kappa shape index (κ3) is 2.13. The van der Waals surface area contributed by atoms with Crippen LogP contribution in [-0.2, 0) is 0 Å². The predicted octanol–water partition coefficient (Wildman–Crippen LogP) is 1.45. The summed E-state index contributed by atoms with van der Waals surface area (Å²) in [5.41, 5.74) is 0.885. The zero-order chi connectivity index (χ0) is 12.3. The predicted molar refractivity (Wildman–Crippen MR) is 63.4 cm³/mol. The highest BCUT2D eigenvalue weighted by Crippen LogP contribution is 2.30. The Morgan fingerprint density at radius 3 is 2.65 bits per heavy atom. The van der Waals surface area contributed by atoms with Crippen molar-refractivity contribution in [2.75, 3.05) is 14.2 Å². The summed E-state index contributed by atoms with van der Waals surface area (Å²) >= 11 is 0. The molecule has 0 saturated carbocycles. The smallest absolute Gasteiger partial charge is 0.258 e. The second-order valence-electron chi connectivity index (χ2n) is 3.36. The lowest BCUT2D eigenvalue weighted by Crippen LogP contribution is -2.09. The van der Waals surface area contributed by atoms with Crippen LogP contribution < -0.4 is 15.0 Å². The first-order valence-corrected chi connectivity index (χ1v) is 5.01. The van der Waals surface area contributed by atoms with Crippen LogP contribution in [0.4, 0.5) is 0 Å². The molecule has 0 bridgehead atoms. The lowest BCUT2D eigenvalue weighted by Gasteiger charge is -2.09. The molecule has 88 valence electrons. The first-order chi connectivity index (χ1) is 8.26. The molecule has 0 aliphatic carbocycles. The third-order valence-electron chi connectivity index (χ3n) is 2.42. The van der Waals surface area contributed by atoms with Gasteiger partial charge in [-0.15, -0.1) is 0 Å². The topological polar surface area (TPSA) is 64.2 Å². The first-order valence-electron chi connectivity index (χ1n) is 5.01. The van der Waals surface area contributed by atoms with Gasteiger partial charge in [-0.05, 0) is 18.2 Å². The number of H-pyrrole nitrogens is 1. The highest BCUT2D eigenvalue weighted by atomic mass is 16.5. The number of hydrogen-bond acceptors (Lipinski definition) is 4. The van der Waals surface area contributed by atoms with Crippen LogP contribution in [-0.4, -0.2) is 24.2 Å². The van der Waals surface area contributed by atoms with Gasteiger partial charge >= 0.3 is 0 Å². The third-order valence-corrected chi connectivity index (χ3v) is 2.42. The number of nitrogens with one attached hydrogen (secondary N) is 1. The minimum Gasteiger partial charge on any atom is -0.497 e. The fourth-order valence-corrected chi connectivity index (χ4v) is 1.56. The average molecular weight is 232 g/mol. The van der Waals surface area contributed by atoms with E-state index in [1.165, 1.54) is 12.5 Å². The number of benzene rings is 1. The van der Waals surface area contributed by atoms with Gasteiger partial charge in [0.05, 0.1) is 26.1 Å². The molecule has 1 heterocycles. The van der Waals surface area contributed by atoms with Gasteiger partial charge in [0.15, 0.2) is 0 Å². The highest BCUT2D eigenvalue weighted by Gasteiger charge is 2.10. The van der Waals surface area contributed by atoms with Crippen molar-refractivity contribution in [1.29, 1.82) is 0 Å². The van der Waals surface area contributed by atoms with E-state index < -0.39 is 0 Å². The van der Waals surface area contributed by atoms with E-state index in [0.717, 1.165) is 0 Å². The summed E-state index contributed by atoms with van der Waals surface area (Å²) in [4.78, 5) is 18.1. The zero-order valence-electron chi connectivity index (χ0n) is 9.56. The number of hydrogen-bond donors (Lipinski definition) is 1. The monoisotopic (exact) mass is 232 g/mol. The molecule has 1 aromatic heterocycles. The summed E-state index contributed by atoms with van der Waals surface area (Å²) in [6.07, 6.45) is 2.84. The van der Waals surface area contributed by atoms with Gasteiger partial charge in [-0.1, -0.05) is 0 Å². The van der Waals surface area contributed by atoms with Crippen LogP contribution in [0.15, 0.2) is 35.5 Å². The van der Waals surface area contributed by atoms with E-state index in [-0.39, 0.29) is 5.56 Å². The molecule has 0 amide bonds. The van der Waals surface area contributed by atoms with Crippen molar-refractivity contribution in [1.82, 2.24) is 9.97 Å². The zero-order valence-corrected chi connectivity index (χ0v) is 9.56. The van der Waals surface area contributed by atoms with Crippen LogP contribution >= 0.6 is 0 Å². The maximum atomic E-state index is 11.7. The molecule has 0 fully saturated rings. The molecule has 1 aromatic carbocycles. The summed E-state index contributed by atoms with van der Waals surface area (Å²) in [7, 11) is 3.12. The SMILES string of the molecule is COc1ccc(OC)c(-c2cnc[nH]c2=O)c1. The van der Waals surface area contributed by atoms with Crippen molar-refractivity contribution < 1.29 is 9.47 Å². The Bertz CT molecular complexity index is 578. The Morgan fingerprint density at radius 2 is 2.00 bits per heavy atom. The standard InChI is InChI=1S/C12H12N2O3/c1-16-8-3-4-11(17-2)9(5-8)10-6-13-7-14-12(10)15/h3-7H,1-2H3,(H,13,14,15). The van der Waals surface area contributed by atoms with Gasteiger partial charge in [0.1, 0.15) is 11.5 Å². The fraction of sp³-hybridized carbons (Fsp3) is 0.167. The van der Waals surface area contributed by atoms with Crippen molar-refractivity contribution in [2.45, 2.75) is 0 Å². The van der Waals surface area contributed by atoms with Crippen LogP contribution in [0.1, 0.15) is 0 Å². The first kappa shape index (κ1) is 11.2. The summed E-state index contributed by atoms with van der Waals surface area (Å²) < 4.78 is 10.3. The molecular formula is C12H12N2O3. The molecule has 0 unspecified atom stereocenters. The minimum absolute atomic E-state index is 0.216. The Kier molecular flexibility index (Phi) is 3.09. The van der Waals surface area contributed by atoms with E-state index >= 15 is 0 Å². The summed E-state index contributed by atoms with van der Waals surface area (Å²) in [6.45, 7) is 0. The number of aromatic nitrogens is 2. The molecule has 2 aromatic rings. The van der Waals surface area contributed by atoms with E-state index in [9.17, 15) is 4.79 Å². The van der Waals surface area contributed by atoms with E-state index in [4.69, 9.17) is 9.47 Å². The van der Waals surface area contributed by atoms with Gasteiger partial charge in [-0.25, -0.2) is 4.98 Å². The lowest BCUT2D eigenvalue weighted by atomic mass is 10.1. The van der Waals surface area contributed by atoms with Crippen LogP contribution in [0.3, 0.4) is 0 Å². The molecule has 0 aliphatic rings. The van der Waals surface area contributed by atoms with Crippen LogP contribution in [0.25, 0.3) is 11.1 Å². The molecule has 2 rings (SSSR count). The van der Waals surface area contributed by atoms with Gasteiger partial charge in [0, 0.05) is 11.8 Å². The Balaban J connectivity index is 2.65. The second kappa shape index (κ2) is 4.69. The molecule has 17 heavy (non-hydrogen) atoms. The molecule has 0 saturated heterocycles. The Hall–Kier alpha value is -2.30. The van der Waals surface area contributed by atoms with E-state index in [1.807, 2.05) is 0 Å². The number of aromatic amines is 1. The van der Waals surface area contributed by atoms with E-state index in [0.29, 0.717) is 22.6 Å². The second-order valence-corrected chi connectivity index (χ2v) is 3.36. The van der Waals surface area contributed by atoms with E-state index in [1.54, 1.807) is 32.4 Å².